The van der Waals surface area contributed by atoms with E-state index in [1.54, 1.807) is 35.1 Å². The fourth-order valence-corrected chi connectivity index (χ4v) is 4.94. The first kappa shape index (κ1) is 32.2. The quantitative estimate of drug-likeness (QED) is 0.160. The first-order chi connectivity index (χ1) is 21.3. The van der Waals surface area contributed by atoms with Crippen LogP contribution in [0.1, 0.15) is 54.3 Å². The monoisotopic (exact) mass is 610 g/mol. The molecule has 0 atom stereocenters. The molecule has 0 radical (unpaired) electrons. The van der Waals surface area contributed by atoms with Gasteiger partial charge < -0.3 is 10.2 Å². The fourth-order valence-electron chi connectivity index (χ4n) is 4.69. The van der Waals surface area contributed by atoms with Crippen LogP contribution in [0.2, 0.25) is 5.02 Å². The fraction of sp³-hybridized carbons (Fsp3) is 0.194. The lowest BCUT2D eigenvalue weighted by Gasteiger charge is -2.23. The molecule has 0 aliphatic carbocycles. The number of para-hydroxylation sites is 2. The van der Waals surface area contributed by atoms with E-state index in [0.717, 1.165) is 18.8 Å². The number of aromatic nitrogens is 2. The van der Waals surface area contributed by atoms with Crippen molar-refractivity contribution in [3.63, 3.8) is 0 Å². The molecule has 0 aliphatic rings. The smallest absolute Gasteiger partial charge is 0.259 e. The lowest BCUT2D eigenvalue weighted by atomic mass is 10.1. The molecule has 0 aliphatic heterocycles. The molecule has 226 valence electrons. The molecule has 0 spiro atoms. The number of carbonyl (C=O) groups is 2. The van der Waals surface area contributed by atoms with Crippen molar-refractivity contribution in [1.29, 1.82) is 0 Å². The molecular weight excluding hydrogens is 575 g/mol. The molecule has 5 aromatic rings. The zero-order valence-corrected chi connectivity index (χ0v) is 25.9. The molecule has 44 heavy (non-hydrogen) atoms. The minimum Gasteiger partial charge on any atom is -0.372 e. The van der Waals surface area contributed by atoms with Gasteiger partial charge in [-0.25, -0.2) is 9.07 Å². The predicted octanol–water partition coefficient (Wildman–Crippen LogP) is 9.10. The SMILES string of the molecule is CC(=O)c1cc(NC(=O)c2cn(-c3ccccc3)nc2-c2ccc(F)cc2)ccc1Cl.CCCN(CCC)c1ccccc1. The Bertz CT molecular complexity index is 1670. The van der Waals surface area contributed by atoms with E-state index in [0.29, 0.717) is 33.1 Å². The Morgan fingerprint density at radius 3 is 2.05 bits per heavy atom. The Kier molecular flexibility index (Phi) is 11.4. The van der Waals surface area contributed by atoms with E-state index in [2.05, 4.69) is 59.5 Å². The van der Waals surface area contributed by atoms with Gasteiger partial charge in [-0.3, -0.25) is 9.59 Å². The summed E-state index contributed by atoms with van der Waals surface area (Å²) in [6, 6.07) is 30.5. The summed E-state index contributed by atoms with van der Waals surface area (Å²) < 4.78 is 15.0. The summed E-state index contributed by atoms with van der Waals surface area (Å²) in [5, 5.41) is 7.67. The third-order valence-electron chi connectivity index (χ3n) is 6.81. The Labute approximate surface area is 263 Å². The molecular formula is C36H36ClFN4O2. The van der Waals surface area contributed by atoms with Crippen LogP contribution >= 0.6 is 11.6 Å². The van der Waals surface area contributed by atoms with E-state index < -0.39 is 5.91 Å². The summed E-state index contributed by atoms with van der Waals surface area (Å²) >= 11 is 6.06. The van der Waals surface area contributed by atoms with Crippen LogP contribution < -0.4 is 10.2 Å². The number of benzene rings is 4. The summed E-state index contributed by atoms with van der Waals surface area (Å²) in [6.07, 6.45) is 4.05. The third-order valence-corrected chi connectivity index (χ3v) is 7.14. The molecule has 1 amide bonds. The van der Waals surface area contributed by atoms with Crippen molar-refractivity contribution in [2.75, 3.05) is 23.3 Å². The molecule has 0 fully saturated rings. The second kappa shape index (κ2) is 15.6. The Balaban J connectivity index is 0.000000285. The first-order valence-corrected chi connectivity index (χ1v) is 15.0. The largest absolute Gasteiger partial charge is 0.372 e. The van der Waals surface area contributed by atoms with Crippen LogP contribution in [0.25, 0.3) is 16.9 Å². The van der Waals surface area contributed by atoms with Crippen molar-refractivity contribution >= 4 is 34.7 Å². The van der Waals surface area contributed by atoms with Gasteiger partial charge in [-0.05, 0) is 86.5 Å². The van der Waals surface area contributed by atoms with E-state index in [1.807, 2.05) is 30.3 Å². The van der Waals surface area contributed by atoms with E-state index in [9.17, 15) is 14.0 Å². The lowest BCUT2D eigenvalue weighted by molar-refractivity contribution is 0.101. The highest BCUT2D eigenvalue weighted by Crippen LogP contribution is 2.26. The summed E-state index contributed by atoms with van der Waals surface area (Å²) in [6.45, 7) is 8.19. The van der Waals surface area contributed by atoms with E-state index >= 15 is 0 Å². The number of rotatable bonds is 10. The maximum Gasteiger partial charge on any atom is 0.259 e. The van der Waals surface area contributed by atoms with Crippen LogP contribution in [0.4, 0.5) is 15.8 Å². The number of anilines is 2. The van der Waals surface area contributed by atoms with Gasteiger partial charge in [-0.2, -0.15) is 5.10 Å². The molecule has 0 saturated heterocycles. The number of ketones is 1. The average Bonchev–Trinajstić information content (AvgIpc) is 3.49. The Morgan fingerprint density at radius 1 is 0.841 bits per heavy atom. The normalized spacial score (nSPS) is 10.5. The number of Topliss-reactive ketones (excluding diaryl/α,β-unsaturated/α-hetero) is 1. The van der Waals surface area contributed by atoms with Gasteiger partial charge in [0.2, 0.25) is 0 Å². The number of amides is 1. The van der Waals surface area contributed by atoms with Crippen LogP contribution in [0.5, 0.6) is 0 Å². The van der Waals surface area contributed by atoms with Crippen molar-refractivity contribution in [3.05, 3.63) is 131 Å². The zero-order chi connectivity index (χ0) is 31.5. The minimum atomic E-state index is -0.418. The molecule has 0 saturated carbocycles. The second-order valence-corrected chi connectivity index (χ2v) is 10.6. The minimum absolute atomic E-state index is 0.204. The Hall–Kier alpha value is -4.75. The van der Waals surface area contributed by atoms with Crippen molar-refractivity contribution in [3.8, 4) is 16.9 Å². The zero-order valence-electron chi connectivity index (χ0n) is 25.1. The molecule has 1 heterocycles. The van der Waals surface area contributed by atoms with Crippen LogP contribution in [0, 0.1) is 5.82 Å². The first-order valence-electron chi connectivity index (χ1n) is 14.6. The van der Waals surface area contributed by atoms with Crippen LogP contribution in [0.15, 0.2) is 109 Å². The topological polar surface area (TPSA) is 67.2 Å². The Morgan fingerprint density at radius 2 is 1.45 bits per heavy atom. The van der Waals surface area contributed by atoms with Gasteiger partial charge >= 0.3 is 0 Å². The predicted molar refractivity (Wildman–Crippen MR) is 178 cm³/mol. The van der Waals surface area contributed by atoms with Gasteiger partial charge in [-0.1, -0.05) is 61.8 Å². The molecule has 0 bridgehead atoms. The van der Waals surface area contributed by atoms with Crippen LogP contribution in [-0.4, -0.2) is 34.6 Å². The van der Waals surface area contributed by atoms with Gasteiger partial charge in [0.1, 0.15) is 11.5 Å². The molecule has 6 nitrogen and oxygen atoms in total. The summed E-state index contributed by atoms with van der Waals surface area (Å²) in [4.78, 5) is 27.3. The highest BCUT2D eigenvalue weighted by molar-refractivity contribution is 6.34. The lowest BCUT2D eigenvalue weighted by Crippen LogP contribution is -2.24. The van der Waals surface area contributed by atoms with Gasteiger partial charge in [-0.15, -0.1) is 0 Å². The average molecular weight is 611 g/mol. The van der Waals surface area contributed by atoms with Crippen molar-refractivity contribution in [1.82, 2.24) is 9.78 Å². The maximum absolute atomic E-state index is 13.4. The molecule has 5 rings (SSSR count). The van der Waals surface area contributed by atoms with Gasteiger partial charge in [0, 0.05) is 41.8 Å². The van der Waals surface area contributed by atoms with Crippen molar-refractivity contribution in [2.24, 2.45) is 0 Å². The number of hydrogen-bond acceptors (Lipinski definition) is 4. The molecule has 4 aromatic carbocycles. The molecule has 1 N–H and O–H groups in total. The maximum atomic E-state index is 13.4. The number of hydrogen-bond donors (Lipinski definition) is 1. The van der Waals surface area contributed by atoms with Crippen molar-refractivity contribution in [2.45, 2.75) is 33.6 Å². The number of halogens is 2. The molecule has 1 aromatic heterocycles. The van der Waals surface area contributed by atoms with E-state index in [4.69, 9.17) is 11.6 Å². The van der Waals surface area contributed by atoms with Gasteiger partial charge in [0.25, 0.3) is 5.91 Å². The van der Waals surface area contributed by atoms with Crippen molar-refractivity contribution < 1.29 is 14.0 Å². The van der Waals surface area contributed by atoms with E-state index in [-0.39, 0.29) is 11.6 Å². The molecule has 8 heteroatoms. The highest BCUT2D eigenvalue weighted by Gasteiger charge is 2.20. The summed E-state index contributed by atoms with van der Waals surface area (Å²) in [5.41, 5.74) is 4.18. The standard InChI is InChI=1S/C24H17ClFN3O2.C12H19N/c1-15(30)20-13-18(11-12-22(20)25)27-24(31)21-14-29(19-5-3-2-4-6-19)28-23(21)16-7-9-17(26)10-8-16;1-3-10-13(11-4-2)12-8-6-5-7-9-12/h2-14H,1H3,(H,27,31);5-9H,3-4,10-11H2,1-2H3. The molecule has 0 unspecified atom stereocenters. The van der Waals surface area contributed by atoms with E-state index in [1.165, 1.54) is 43.7 Å². The summed E-state index contributed by atoms with van der Waals surface area (Å²) in [5.74, 6) is -1.00. The van der Waals surface area contributed by atoms with Gasteiger partial charge in [0.15, 0.2) is 5.78 Å². The van der Waals surface area contributed by atoms with Gasteiger partial charge in [0.05, 0.1) is 16.3 Å². The second-order valence-electron chi connectivity index (χ2n) is 10.2. The van der Waals surface area contributed by atoms with Crippen LogP contribution in [0.3, 0.4) is 0 Å². The highest BCUT2D eigenvalue weighted by atomic mass is 35.5. The summed E-state index contributed by atoms with van der Waals surface area (Å²) in [7, 11) is 0. The number of nitrogens with zero attached hydrogens (tertiary/aromatic N) is 3. The third kappa shape index (κ3) is 8.42. The van der Waals surface area contributed by atoms with Crippen LogP contribution in [-0.2, 0) is 0 Å². The number of carbonyl (C=O) groups excluding carboxylic acids is 2. The number of nitrogens with one attached hydrogen (secondary N) is 1.